The first-order chi connectivity index (χ1) is 6.31. The molecule has 0 spiro atoms. The van der Waals surface area contributed by atoms with Gasteiger partial charge in [-0.05, 0) is 24.9 Å². The Morgan fingerprint density at radius 2 is 1.93 bits per heavy atom. The lowest BCUT2D eigenvalue weighted by atomic mass is 9.87. The first kappa shape index (κ1) is 11.7. The molecule has 2 nitrogen and oxygen atoms in total. The summed E-state index contributed by atoms with van der Waals surface area (Å²) in [7, 11) is 0. The second-order valence-electron chi connectivity index (χ2n) is 3.68. The molecule has 2 N–H and O–H groups in total. The minimum atomic E-state index is -0.639. The van der Waals surface area contributed by atoms with Crippen LogP contribution in [0.3, 0.4) is 0 Å². The second-order valence-corrected chi connectivity index (χ2v) is 3.68. The molecule has 14 heavy (non-hydrogen) atoms. The van der Waals surface area contributed by atoms with E-state index in [-0.39, 0.29) is 17.0 Å². The van der Waals surface area contributed by atoms with E-state index in [4.69, 9.17) is 0 Å². The summed E-state index contributed by atoms with van der Waals surface area (Å²) < 4.78 is 0. The average molecular weight is 258 g/mol. The predicted molar refractivity (Wildman–Crippen MR) is 62.8 cm³/mol. The van der Waals surface area contributed by atoms with Gasteiger partial charge in [0, 0.05) is 6.54 Å². The third kappa shape index (κ3) is 2.35. The van der Waals surface area contributed by atoms with E-state index < -0.39 is 5.60 Å². The summed E-state index contributed by atoms with van der Waals surface area (Å²) in [4.78, 5) is 0. The van der Waals surface area contributed by atoms with Gasteiger partial charge in [-0.25, -0.2) is 0 Å². The minimum Gasteiger partial charge on any atom is -0.384 e. The van der Waals surface area contributed by atoms with Crippen molar-refractivity contribution in [2.45, 2.75) is 18.4 Å². The molecule has 78 valence electrons. The lowest BCUT2D eigenvalue weighted by molar-refractivity contribution is 0.0123. The highest BCUT2D eigenvalue weighted by Crippen LogP contribution is 2.27. The zero-order valence-corrected chi connectivity index (χ0v) is 9.78. The van der Waals surface area contributed by atoms with Crippen molar-refractivity contribution in [3.8, 4) is 0 Å². The van der Waals surface area contributed by atoms with Gasteiger partial charge in [-0.1, -0.05) is 30.3 Å². The van der Waals surface area contributed by atoms with Crippen LogP contribution in [0.4, 0.5) is 0 Å². The minimum absolute atomic E-state index is 0. The first-order valence-corrected chi connectivity index (χ1v) is 4.80. The van der Waals surface area contributed by atoms with Crippen LogP contribution in [0.2, 0.25) is 0 Å². The Labute approximate surface area is 95.1 Å². The Morgan fingerprint density at radius 3 is 2.50 bits per heavy atom. The lowest BCUT2D eigenvalue weighted by Gasteiger charge is -2.33. The molecule has 2 rings (SSSR count). The van der Waals surface area contributed by atoms with Crippen LogP contribution in [0.1, 0.15) is 18.4 Å². The molecule has 1 heterocycles. The summed E-state index contributed by atoms with van der Waals surface area (Å²) in [5, 5.41) is 13.5. The van der Waals surface area contributed by atoms with E-state index in [0.717, 1.165) is 24.9 Å². The molecule has 0 amide bonds. The Morgan fingerprint density at radius 1 is 1.21 bits per heavy atom. The fraction of sp³-hybridized carbons (Fsp3) is 0.455. The average Bonchev–Trinajstić information content (AvgIpc) is 2.20. The molecule has 1 aromatic rings. The normalized spacial score (nSPS) is 26.6. The summed E-state index contributed by atoms with van der Waals surface area (Å²) in [6.45, 7) is 1.70. The van der Waals surface area contributed by atoms with E-state index in [9.17, 15) is 5.11 Å². The molecule has 0 saturated carbocycles. The number of hydrogen-bond donors (Lipinski definition) is 2. The number of rotatable bonds is 1. The highest BCUT2D eigenvalue weighted by atomic mass is 79.9. The van der Waals surface area contributed by atoms with Crippen molar-refractivity contribution in [1.29, 1.82) is 0 Å². The van der Waals surface area contributed by atoms with Gasteiger partial charge in [0.05, 0.1) is 0 Å². The van der Waals surface area contributed by atoms with E-state index in [0.29, 0.717) is 6.54 Å². The molecule has 1 atom stereocenters. The van der Waals surface area contributed by atoms with Gasteiger partial charge < -0.3 is 10.4 Å². The number of nitrogens with one attached hydrogen (secondary N) is 1. The van der Waals surface area contributed by atoms with Gasteiger partial charge in [-0.2, -0.15) is 0 Å². The van der Waals surface area contributed by atoms with Crippen molar-refractivity contribution in [1.82, 2.24) is 5.32 Å². The third-order valence-electron chi connectivity index (χ3n) is 2.67. The number of benzene rings is 1. The summed E-state index contributed by atoms with van der Waals surface area (Å²) >= 11 is 0. The van der Waals surface area contributed by atoms with Crippen LogP contribution >= 0.6 is 17.0 Å². The van der Waals surface area contributed by atoms with Crippen LogP contribution in [-0.4, -0.2) is 18.2 Å². The monoisotopic (exact) mass is 257 g/mol. The van der Waals surface area contributed by atoms with E-state index in [1.54, 1.807) is 0 Å². The van der Waals surface area contributed by atoms with Gasteiger partial charge in [0.1, 0.15) is 5.60 Å². The van der Waals surface area contributed by atoms with E-state index in [2.05, 4.69) is 5.32 Å². The molecule has 0 radical (unpaired) electrons. The van der Waals surface area contributed by atoms with Crippen molar-refractivity contribution < 1.29 is 5.11 Å². The van der Waals surface area contributed by atoms with Gasteiger partial charge in [0.2, 0.25) is 0 Å². The maximum absolute atomic E-state index is 10.3. The largest absolute Gasteiger partial charge is 0.384 e. The van der Waals surface area contributed by atoms with Gasteiger partial charge >= 0.3 is 0 Å². The number of β-amino-alcohol motifs (C(OH)–C–C–N with tert-alkyl or cyclic N) is 1. The molecule has 1 unspecified atom stereocenters. The molecule has 0 aliphatic carbocycles. The Kier molecular flexibility index (Phi) is 4.11. The third-order valence-corrected chi connectivity index (χ3v) is 2.67. The maximum Gasteiger partial charge on any atom is 0.102 e. The zero-order valence-electron chi connectivity index (χ0n) is 8.07. The van der Waals surface area contributed by atoms with Crippen LogP contribution in [0.25, 0.3) is 0 Å². The molecule has 1 aliphatic rings. The topological polar surface area (TPSA) is 32.3 Å². The number of hydrogen-bond acceptors (Lipinski definition) is 2. The fourth-order valence-corrected chi connectivity index (χ4v) is 1.88. The standard InChI is InChI=1S/C11H15NO.BrH/c13-11(7-4-8-12-9-11)10-5-2-1-3-6-10;/h1-3,5-6,12-13H,4,7-9H2;1H. The van der Waals surface area contributed by atoms with Crippen LogP contribution in [0, 0.1) is 0 Å². The number of aliphatic hydroxyl groups is 1. The SMILES string of the molecule is Br.OC1(c2ccccc2)CCCNC1. The van der Waals surface area contributed by atoms with E-state index in [1.165, 1.54) is 0 Å². The number of halogens is 1. The van der Waals surface area contributed by atoms with Crippen LogP contribution < -0.4 is 5.32 Å². The highest BCUT2D eigenvalue weighted by molar-refractivity contribution is 8.93. The molecular weight excluding hydrogens is 242 g/mol. The number of piperidine rings is 1. The second kappa shape index (κ2) is 4.91. The zero-order chi connectivity index (χ0) is 9.15. The Hall–Kier alpha value is -0.380. The van der Waals surface area contributed by atoms with Crippen LogP contribution in [0.5, 0.6) is 0 Å². The van der Waals surface area contributed by atoms with Gasteiger partial charge in [-0.3, -0.25) is 0 Å². The van der Waals surface area contributed by atoms with Crippen LogP contribution in [0.15, 0.2) is 30.3 Å². The van der Waals surface area contributed by atoms with Gasteiger partial charge in [-0.15, -0.1) is 17.0 Å². The summed E-state index contributed by atoms with van der Waals surface area (Å²) in [5.41, 5.74) is 0.390. The molecule has 1 aliphatic heterocycles. The lowest BCUT2D eigenvalue weighted by Crippen LogP contribution is -2.43. The Balaban J connectivity index is 0.000000980. The highest BCUT2D eigenvalue weighted by Gasteiger charge is 2.30. The van der Waals surface area contributed by atoms with Crippen molar-refractivity contribution in [3.63, 3.8) is 0 Å². The van der Waals surface area contributed by atoms with Gasteiger partial charge in [0.25, 0.3) is 0 Å². The molecule has 3 heteroatoms. The molecular formula is C11H16BrNO. The van der Waals surface area contributed by atoms with Crippen molar-refractivity contribution in [2.24, 2.45) is 0 Å². The summed E-state index contributed by atoms with van der Waals surface area (Å²) in [6, 6.07) is 9.91. The smallest absolute Gasteiger partial charge is 0.102 e. The Bertz CT molecular complexity index is 270. The molecule has 1 aromatic carbocycles. The van der Waals surface area contributed by atoms with Crippen molar-refractivity contribution in [2.75, 3.05) is 13.1 Å². The maximum atomic E-state index is 10.3. The molecule has 0 bridgehead atoms. The van der Waals surface area contributed by atoms with Gasteiger partial charge in [0.15, 0.2) is 0 Å². The molecule has 1 fully saturated rings. The predicted octanol–water partition coefficient (Wildman–Crippen LogP) is 1.84. The molecule has 1 saturated heterocycles. The van der Waals surface area contributed by atoms with E-state index in [1.807, 2.05) is 30.3 Å². The summed E-state index contributed by atoms with van der Waals surface area (Å²) in [6.07, 6.45) is 1.91. The van der Waals surface area contributed by atoms with E-state index >= 15 is 0 Å². The summed E-state index contributed by atoms with van der Waals surface area (Å²) in [5.74, 6) is 0. The van der Waals surface area contributed by atoms with Crippen molar-refractivity contribution >= 4 is 17.0 Å². The quantitative estimate of drug-likeness (QED) is 0.805. The van der Waals surface area contributed by atoms with Crippen LogP contribution in [-0.2, 0) is 5.60 Å². The van der Waals surface area contributed by atoms with Crippen molar-refractivity contribution in [3.05, 3.63) is 35.9 Å². The molecule has 0 aromatic heterocycles. The fourth-order valence-electron chi connectivity index (χ4n) is 1.88. The first-order valence-electron chi connectivity index (χ1n) is 4.80.